The third-order valence-corrected chi connectivity index (χ3v) is 3.79. The second-order valence-electron chi connectivity index (χ2n) is 4.81. The second kappa shape index (κ2) is 5.02. The van der Waals surface area contributed by atoms with Gasteiger partial charge in [0, 0.05) is 11.5 Å². The molecular weight excluding hydrogens is 186 g/mol. The molecule has 2 nitrogen and oxygen atoms in total. The van der Waals surface area contributed by atoms with Gasteiger partial charge in [-0.2, -0.15) is 0 Å². The van der Waals surface area contributed by atoms with E-state index in [1.54, 1.807) is 0 Å². The van der Waals surface area contributed by atoms with Crippen LogP contribution in [0.1, 0.15) is 47.0 Å². The van der Waals surface area contributed by atoms with Crippen LogP contribution in [0.2, 0.25) is 0 Å². The molecule has 1 aliphatic rings. The van der Waals surface area contributed by atoms with Crippen molar-refractivity contribution in [1.82, 2.24) is 0 Å². The van der Waals surface area contributed by atoms with Crippen LogP contribution in [0.3, 0.4) is 0 Å². The molecule has 2 heteroatoms. The number of nitrogens with two attached hydrogens (primary N) is 1. The number of hydrogen-bond donors (Lipinski definition) is 1. The Bertz CT molecular complexity index is 237. The van der Waals surface area contributed by atoms with Gasteiger partial charge in [-0.05, 0) is 38.7 Å². The van der Waals surface area contributed by atoms with E-state index < -0.39 is 0 Å². The summed E-state index contributed by atoms with van der Waals surface area (Å²) < 4.78 is 5.76. The predicted octanol–water partition coefficient (Wildman–Crippen LogP) is 3.08. The molecule has 0 aromatic rings. The largest absolute Gasteiger partial charge is 0.498 e. The van der Waals surface area contributed by atoms with Gasteiger partial charge >= 0.3 is 0 Å². The Hall–Kier alpha value is -0.500. The molecule has 1 unspecified atom stereocenters. The van der Waals surface area contributed by atoms with E-state index in [0.717, 1.165) is 25.2 Å². The highest BCUT2D eigenvalue weighted by Gasteiger charge is 2.45. The molecule has 1 aliphatic carbocycles. The fourth-order valence-electron chi connectivity index (χ4n) is 3.07. The Labute approximate surface area is 93.9 Å². The van der Waals surface area contributed by atoms with Crippen molar-refractivity contribution in [2.45, 2.75) is 53.0 Å². The number of rotatable bonds is 4. The molecule has 1 saturated carbocycles. The van der Waals surface area contributed by atoms with Crippen LogP contribution in [0.4, 0.5) is 0 Å². The molecule has 0 aromatic carbocycles. The summed E-state index contributed by atoms with van der Waals surface area (Å²) in [5.41, 5.74) is 6.25. The molecule has 0 amide bonds. The molecule has 0 radical (unpaired) electrons. The molecule has 0 saturated heterocycles. The van der Waals surface area contributed by atoms with Crippen molar-refractivity contribution in [3.63, 3.8) is 0 Å². The maximum atomic E-state index is 6.08. The first-order valence-corrected chi connectivity index (χ1v) is 6.13. The van der Waals surface area contributed by atoms with E-state index >= 15 is 0 Å². The molecule has 0 spiro atoms. The number of hydrogen-bond acceptors (Lipinski definition) is 2. The zero-order valence-corrected chi connectivity index (χ0v) is 10.5. The van der Waals surface area contributed by atoms with E-state index in [2.05, 4.69) is 26.8 Å². The molecular formula is C13H25NO. The molecule has 2 N–H and O–H groups in total. The van der Waals surface area contributed by atoms with E-state index in [4.69, 9.17) is 10.5 Å². The zero-order valence-electron chi connectivity index (χ0n) is 10.5. The lowest BCUT2D eigenvalue weighted by Gasteiger charge is -2.33. The van der Waals surface area contributed by atoms with E-state index in [-0.39, 0.29) is 5.41 Å². The van der Waals surface area contributed by atoms with Gasteiger partial charge in [-0.25, -0.2) is 0 Å². The minimum absolute atomic E-state index is 0.166. The summed E-state index contributed by atoms with van der Waals surface area (Å²) in [5, 5.41) is 0. The summed E-state index contributed by atoms with van der Waals surface area (Å²) in [4.78, 5) is 0. The second-order valence-corrected chi connectivity index (χ2v) is 4.81. The number of allylic oxidation sites excluding steroid dienone is 2. The Kier molecular flexibility index (Phi) is 4.21. The van der Waals surface area contributed by atoms with Crippen LogP contribution in [-0.2, 0) is 4.74 Å². The van der Waals surface area contributed by atoms with Crippen molar-refractivity contribution in [3.05, 3.63) is 11.8 Å². The Morgan fingerprint density at radius 3 is 2.67 bits per heavy atom. The maximum absolute atomic E-state index is 6.08. The monoisotopic (exact) mass is 211 g/mol. The molecule has 88 valence electrons. The first kappa shape index (κ1) is 12.6. The Morgan fingerprint density at radius 1 is 1.53 bits per heavy atom. The van der Waals surface area contributed by atoms with Crippen LogP contribution in [0.25, 0.3) is 0 Å². The van der Waals surface area contributed by atoms with Crippen LogP contribution in [-0.4, -0.2) is 12.6 Å². The van der Waals surface area contributed by atoms with Gasteiger partial charge in [0.15, 0.2) is 0 Å². The van der Waals surface area contributed by atoms with Gasteiger partial charge in [-0.3, -0.25) is 0 Å². The lowest BCUT2D eigenvalue weighted by atomic mass is 9.76. The topological polar surface area (TPSA) is 35.2 Å². The molecule has 1 rings (SSSR count). The van der Waals surface area contributed by atoms with Crippen molar-refractivity contribution in [2.24, 2.45) is 17.1 Å². The molecule has 0 bridgehead atoms. The van der Waals surface area contributed by atoms with Crippen molar-refractivity contribution in [1.29, 1.82) is 0 Å². The Morgan fingerprint density at radius 2 is 2.20 bits per heavy atom. The van der Waals surface area contributed by atoms with Crippen LogP contribution in [0.15, 0.2) is 11.8 Å². The predicted molar refractivity (Wildman–Crippen MR) is 64.5 cm³/mol. The third-order valence-electron chi connectivity index (χ3n) is 3.79. The summed E-state index contributed by atoms with van der Waals surface area (Å²) in [6.45, 7) is 9.41. The van der Waals surface area contributed by atoms with Crippen LogP contribution < -0.4 is 5.73 Å². The first-order chi connectivity index (χ1) is 7.08. The zero-order chi connectivity index (χ0) is 11.5. The van der Waals surface area contributed by atoms with Crippen LogP contribution in [0, 0.1) is 11.3 Å². The van der Waals surface area contributed by atoms with Gasteiger partial charge in [0.2, 0.25) is 0 Å². The number of ether oxygens (including phenoxy) is 1. The lowest BCUT2D eigenvalue weighted by molar-refractivity contribution is 0.113. The SMILES string of the molecule is CC=C(OCC)C1(C)C[C@H](N)C[C@@H]1CC. The summed E-state index contributed by atoms with van der Waals surface area (Å²) in [6, 6.07) is 0.343. The standard InChI is InChI=1S/C13H25NO/c1-5-10-8-11(14)9-13(10,4)12(6-2)15-7-3/h6,10-11H,5,7-9,14H2,1-4H3/t10-,11+,13?/m0/s1. The van der Waals surface area contributed by atoms with E-state index in [1.807, 2.05) is 6.92 Å². The van der Waals surface area contributed by atoms with Gasteiger partial charge in [0.05, 0.1) is 12.4 Å². The third kappa shape index (κ3) is 2.36. The fraction of sp³-hybridized carbons (Fsp3) is 0.846. The quantitative estimate of drug-likeness (QED) is 0.725. The summed E-state index contributed by atoms with van der Waals surface area (Å²) >= 11 is 0. The summed E-state index contributed by atoms with van der Waals surface area (Å²) in [5.74, 6) is 1.81. The lowest BCUT2D eigenvalue weighted by Crippen LogP contribution is -2.26. The van der Waals surface area contributed by atoms with Gasteiger partial charge in [0.1, 0.15) is 0 Å². The van der Waals surface area contributed by atoms with Crippen molar-refractivity contribution >= 4 is 0 Å². The molecule has 3 atom stereocenters. The van der Waals surface area contributed by atoms with Crippen molar-refractivity contribution in [2.75, 3.05) is 6.61 Å². The smallest absolute Gasteiger partial charge is 0.0979 e. The maximum Gasteiger partial charge on any atom is 0.0979 e. The fourth-order valence-corrected chi connectivity index (χ4v) is 3.07. The van der Waals surface area contributed by atoms with Gasteiger partial charge < -0.3 is 10.5 Å². The van der Waals surface area contributed by atoms with E-state index in [1.165, 1.54) is 6.42 Å². The molecule has 15 heavy (non-hydrogen) atoms. The molecule has 0 heterocycles. The summed E-state index contributed by atoms with van der Waals surface area (Å²) in [6.07, 6.45) is 5.50. The summed E-state index contributed by atoms with van der Waals surface area (Å²) in [7, 11) is 0. The minimum Gasteiger partial charge on any atom is -0.498 e. The first-order valence-electron chi connectivity index (χ1n) is 6.13. The highest BCUT2D eigenvalue weighted by molar-refractivity contribution is 5.13. The van der Waals surface area contributed by atoms with Crippen LogP contribution in [0.5, 0.6) is 0 Å². The average molecular weight is 211 g/mol. The highest BCUT2D eigenvalue weighted by atomic mass is 16.5. The van der Waals surface area contributed by atoms with E-state index in [9.17, 15) is 0 Å². The van der Waals surface area contributed by atoms with Gasteiger partial charge in [0.25, 0.3) is 0 Å². The van der Waals surface area contributed by atoms with Gasteiger partial charge in [-0.1, -0.05) is 20.3 Å². The van der Waals surface area contributed by atoms with E-state index in [0.29, 0.717) is 12.0 Å². The van der Waals surface area contributed by atoms with Crippen molar-refractivity contribution in [3.8, 4) is 0 Å². The molecule has 0 aromatic heterocycles. The molecule has 0 aliphatic heterocycles. The van der Waals surface area contributed by atoms with Crippen LogP contribution >= 0.6 is 0 Å². The average Bonchev–Trinajstić information content (AvgIpc) is 2.50. The minimum atomic E-state index is 0.166. The van der Waals surface area contributed by atoms with Crippen molar-refractivity contribution < 1.29 is 4.74 Å². The Balaban J connectivity index is 2.87. The normalized spacial score (nSPS) is 37.0. The molecule has 1 fully saturated rings. The highest BCUT2D eigenvalue weighted by Crippen LogP contribution is 2.49. The van der Waals surface area contributed by atoms with Gasteiger partial charge in [-0.15, -0.1) is 0 Å².